The van der Waals surface area contributed by atoms with Crippen LogP contribution in [0.25, 0.3) is 0 Å². The number of ketones is 1. The van der Waals surface area contributed by atoms with Crippen molar-refractivity contribution in [3.05, 3.63) is 29.3 Å². The highest BCUT2D eigenvalue weighted by molar-refractivity contribution is 6.02. The molecule has 94 valence electrons. The highest BCUT2D eigenvalue weighted by atomic mass is 19.3. The highest BCUT2D eigenvalue weighted by Gasteiger charge is 2.31. The summed E-state index contributed by atoms with van der Waals surface area (Å²) >= 11 is 0. The van der Waals surface area contributed by atoms with Crippen LogP contribution in [0.5, 0.6) is 5.75 Å². The van der Waals surface area contributed by atoms with E-state index in [-0.39, 0.29) is 16.9 Å². The van der Waals surface area contributed by atoms with E-state index < -0.39 is 17.7 Å². The minimum Gasteiger partial charge on any atom is -0.495 e. The zero-order chi connectivity index (χ0) is 13.2. The Morgan fingerprint density at radius 2 is 2.06 bits per heavy atom. The molecule has 0 saturated carbocycles. The number of carbonyl (C=O) groups excluding carboxylic acids is 1. The van der Waals surface area contributed by atoms with Gasteiger partial charge in [0.1, 0.15) is 5.75 Å². The van der Waals surface area contributed by atoms with Crippen molar-refractivity contribution >= 4 is 5.78 Å². The maximum absolute atomic E-state index is 13.3. The molecular weight excluding hydrogens is 228 g/mol. The Kier molecular flexibility index (Phi) is 3.83. The molecule has 0 aliphatic heterocycles. The Hall–Kier alpha value is -1.49. The Bertz CT molecular complexity index is 425. The second kappa shape index (κ2) is 4.79. The molecule has 1 unspecified atom stereocenters. The quantitative estimate of drug-likeness (QED) is 0.826. The number of rotatable bonds is 4. The lowest BCUT2D eigenvalue weighted by molar-refractivity contribution is 0.0150. The van der Waals surface area contributed by atoms with E-state index in [9.17, 15) is 13.6 Å². The molecule has 0 fully saturated rings. The van der Waals surface area contributed by atoms with Gasteiger partial charge < -0.3 is 10.5 Å². The largest absolute Gasteiger partial charge is 0.495 e. The van der Waals surface area contributed by atoms with Crippen molar-refractivity contribution in [3.63, 3.8) is 0 Å². The maximum Gasteiger partial charge on any atom is 0.274 e. The van der Waals surface area contributed by atoms with Crippen molar-refractivity contribution < 1.29 is 18.3 Å². The summed E-state index contributed by atoms with van der Waals surface area (Å²) in [6.07, 6.45) is 0. The summed E-state index contributed by atoms with van der Waals surface area (Å²) in [7, 11) is 1.25. The first-order valence-electron chi connectivity index (χ1n) is 5.14. The van der Waals surface area contributed by atoms with E-state index in [4.69, 9.17) is 10.5 Å². The van der Waals surface area contributed by atoms with Gasteiger partial charge in [0.05, 0.1) is 24.3 Å². The number of nitrogens with two attached hydrogens (primary N) is 1. The van der Waals surface area contributed by atoms with Crippen LogP contribution in [-0.2, 0) is 5.92 Å². The van der Waals surface area contributed by atoms with Crippen LogP contribution in [0.2, 0.25) is 0 Å². The molecule has 5 heteroatoms. The molecule has 3 nitrogen and oxygen atoms in total. The topological polar surface area (TPSA) is 52.3 Å². The molecular formula is C12H15F2NO2. The predicted octanol–water partition coefficient (Wildman–Crippen LogP) is 2.34. The van der Waals surface area contributed by atoms with Gasteiger partial charge in [-0.1, -0.05) is 6.07 Å². The fourth-order valence-corrected chi connectivity index (χ4v) is 1.54. The monoisotopic (exact) mass is 243 g/mol. The van der Waals surface area contributed by atoms with Crippen molar-refractivity contribution in [2.75, 3.05) is 7.11 Å². The lowest BCUT2D eigenvalue weighted by atomic mass is 9.99. The van der Waals surface area contributed by atoms with Crippen LogP contribution in [0, 0.1) is 0 Å². The molecule has 0 radical (unpaired) electrons. The van der Waals surface area contributed by atoms with E-state index in [0.717, 1.165) is 6.92 Å². The van der Waals surface area contributed by atoms with Crippen LogP contribution in [-0.4, -0.2) is 18.9 Å². The van der Waals surface area contributed by atoms with E-state index in [0.29, 0.717) is 0 Å². The molecule has 0 saturated heterocycles. The first-order chi connectivity index (χ1) is 7.79. The molecule has 0 heterocycles. The predicted molar refractivity (Wildman–Crippen MR) is 60.5 cm³/mol. The van der Waals surface area contributed by atoms with Gasteiger partial charge in [0, 0.05) is 6.92 Å². The van der Waals surface area contributed by atoms with Crippen molar-refractivity contribution in [3.8, 4) is 5.75 Å². The summed E-state index contributed by atoms with van der Waals surface area (Å²) in [5, 5.41) is 0. The lowest BCUT2D eigenvalue weighted by Crippen LogP contribution is -2.27. The minimum absolute atomic E-state index is 0.0847. The number of hydrogen-bond acceptors (Lipinski definition) is 3. The number of ether oxygens (including phenoxy) is 1. The van der Waals surface area contributed by atoms with E-state index in [2.05, 4.69) is 0 Å². The molecule has 0 aromatic heterocycles. The molecule has 0 spiro atoms. The summed E-state index contributed by atoms with van der Waals surface area (Å²) in [5.74, 6) is -3.60. The number of para-hydroxylation sites is 1. The first-order valence-corrected chi connectivity index (χ1v) is 5.14. The van der Waals surface area contributed by atoms with Crippen LogP contribution in [0.1, 0.15) is 29.8 Å². The molecule has 1 aromatic carbocycles. The second-order valence-electron chi connectivity index (χ2n) is 3.93. The van der Waals surface area contributed by atoms with E-state index in [1.54, 1.807) is 0 Å². The molecule has 0 aliphatic carbocycles. The Morgan fingerprint density at radius 1 is 1.47 bits per heavy atom. The number of carbonyl (C=O) groups is 1. The van der Waals surface area contributed by atoms with Crippen LogP contribution in [0.4, 0.5) is 8.78 Å². The third-order valence-electron chi connectivity index (χ3n) is 2.37. The number of Topliss-reactive ketones (excluding diaryl/α,β-unsaturated/α-hetero) is 1. The Morgan fingerprint density at radius 3 is 2.47 bits per heavy atom. The van der Waals surface area contributed by atoms with Crippen molar-refractivity contribution in [1.82, 2.24) is 0 Å². The summed E-state index contributed by atoms with van der Waals surface area (Å²) in [6.45, 7) is 2.25. The molecule has 2 N–H and O–H groups in total. The van der Waals surface area contributed by atoms with Crippen molar-refractivity contribution in [2.24, 2.45) is 5.73 Å². The number of benzene rings is 1. The molecule has 0 bridgehead atoms. The van der Waals surface area contributed by atoms with E-state index in [1.807, 2.05) is 0 Å². The number of halogens is 2. The van der Waals surface area contributed by atoms with Crippen LogP contribution in [0.3, 0.4) is 0 Å². The zero-order valence-corrected chi connectivity index (χ0v) is 9.96. The van der Waals surface area contributed by atoms with Gasteiger partial charge in [-0.05, 0) is 19.1 Å². The SMILES string of the molecule is COc1c(C(=O)C(C)N)cccc1C(C)(F)F. The standard InChI is InChI=1S/C12H15F2NO2/c1-7(15)10(16)8-5-4-6-9(11(8)17-3)12(2,13)14/h4-7H,15H2,1-3H3. The van der Waals surface area contributed by atoms with E-state index in [1.165, 1.54) is 32.2 Å². The van der Waals surface area contributed by atoms with Gasteiger partial charge in [-0.25, -0.2) is 8.78 Å². The molecule has 1 atom stereocenters. The van der Waals surface area contributed by atoms with Gasteiger partial charge in [0.2, 0.25) is 0 Å². The van der Waals surface area contributed by atoms with Crippen LogP contribution < -0.4 is 10.5 Å². The molecule has 1 aromatic rings. The lowest BCUT2D eigenvalue weighted by Gasteiger charge is -2.18. The fraction of sp³-hybridized carbons (Fsp3) is 0.417. The van der Waals surface area contributed by atoms with E-state index >= 15 is 0 Å². The third kappa shape index (κ3) is 2.79. The third-order valence-corrected chi connectivity index (χ3v) is 2.37. The summed E-state index contributed by atoms with van der Waals surface area (Å²) in [5.41, 5.74) is 5.23. The van der Waals surface area contributed by atoms with Crippen molar-refractivity contribution in [2.45, 2.75) is 25.8 Å². The van der Waals surface area contributed by atoms with Crippen LogP contribution >= 0.6 is 0 Å². The van der Waals surface area contributed by atoms with Crippen LogP contribution in [0.15, 0.2) is 18.2 Å². The summed E-state index contributed by atoms with van der Waals surface area (Å²) in [6, 6.07) is 3.30. The van der Waals surface area contributed by atoms with Gasteiger partial charge >= 0.3 is 0 Å². The highest BCUT2D eigenvalue weighted by Crippen LogP contribution is 2.36. The zero-order valence-electron chi connectivity index (χ0n) is 9.96. The molecule has 0 amide bonds. The van der Waals surface area contributed by atoms with Gasteiger partial charge in [0.15, 0.2) is 5.78 Å². The summed E-state index contributed by atoms with van der Waals surface area (Å²) < 4.78 is 31.6. The van der Waals surface area contributed by atoms with Crippen molar-refractivity contribution in [1.29, 1.82) is 0 Å². The Labute approximate surface area is 98.6 Å². The fourth-order valence-electron chi connectivity index (χ4n) is 1.54. The molecule has 0 aliphatic rings. The van der Waals surface area contributed by atoms with Gasteiger partial charge in [-0.2, -0.15) is 0 Å². The second-order valence-corrected chi connectivity index (χ2v) is 3.93. The number of hydrogen-bond donors (Lipinski definition) is 1. The normalized spacial score (nSPS) is 13.3. The summed E-state index contributed by atoms with van der Waals surface area (Å²) in [4.78, 5) is 11.8. The molecule has 1 rings (SSSR count). The maximum atomic E-state index is 13.3. The number of methoxy groups -OCH3 is 1. The smallest absolute Gasteiger partial charge is 0.274 e. The average Bonchev–Trinajstić information content (AvgIpc) is 2.25. The molecule has 17 heavy (non-hydrogen) atoms. The number of alkyl halides is 2. The van der Waals surface area contributed by atoms with Gasteiger partial charge in [-0.3, -0.25) is 4.79 Å². The first kappa shape index (κ1) is 13.6. The average molecular weight is 243 g/mol. The minimum atomic E-state index is -3.07. The van der Waals surface area contributed by atoms with Gasteiger partial charge in [-0.15, -0.1) is 0 Å². The Balaban J connectivity index is 3.39. The van der Waals surface area contributed by atoms with Gasteiger partial charge in [0.25, 0.3) is 5.92 Å².